The number of hydrogen-bond donors (Lipinski definition) is 1. The van der Waals surface area contributed by atoms with E-state index in [4.69, 9.17) is 4.74 Å². The first kappa shape index (κ1) is 15.4. The lowest BCUT2D eigenvalue weighted by molar-refractivity contribution is 0.0691. The van der Waals surface area contributed by atoms with Crippen molar-refractivity contribution >= 4 is 5.97 Å². The second kappa shape index (κ2) is 6.09. The van der Waals surface area contributed by atoms with Crippen LogP contribution in [-0.2, 0) is 6.42 Å². The summed E-state index contributed by atoms with van der Waals surface area (Å²) in [6.45, 7) is 2.76. The third-order valence-corrected chi connectivity index (χ3v) is 4.41. The van der Waals surface area contributed by atoms with Crippen LogP contribution in [0.1, 0.15) is 28.0 Å². The Hall–Kier alpha value is -3.08. The highest BCUT2D eigenvalue weighted by Gasteiger charge is 2.18. The summed E-state index contributed by atoms with van der Waals surface area (Å²) in [4.78, 5) is 15.8. The molecule has 126 valence electrons. The Balaban J connectivity index is 1.85. The highest BCUT2D eigenvalue weighted by molar-refractivity contribution is 5.86. The predicted molar refractivity (Wildman–Crippen MR) is 94.5 cm³/mol. The molecular weight excluding hydrogens is 316 g/mol. The molecule has 0 amide bonds. The first-order valence-corrected chi connectivity index (χ1v) is 8.27. The van der Waals surface area contributed by atoms with Crippen molar-refractivity contribution in [2.24, 2.45) is 0 Å². The number of fused-ring (bicyclic) bond motifs is 1. The zero-order chi connectivity index (χ0) is 17.4. The van der Waals surface area contributed by atoms with E-state index in [2.05, 4.69) is 11.1 Å². The number of carbonyl (C=O) groups is 1. The molecule has 4 rings (SSSR count). The maximum Gasteiger partial charge on any atom is 0.356 e. The number of ether oxygens (including phenoxy) is 1. The average Bonchev–Trinajstić information content (AvgIpc) is 3.07. The van der Waals surface area contributed by atoms with Gasteiger partial charge < -0.3 is 9.84 Å². The van der Waals surface area contributed by atoms with Crippen LogP contribution >= 0.6 is 0 Å². The molecule has 0 atom stereocenters. The number of hydrogen-bond acceptors (Lipinski definition) is 3. The molecule has 0 radical (unpaired) electrons. The van der Waals surface area contributed by atoms with Crippen LogP contribution in [-0.4, -0.2) is 27.2 Å². The molecular formula is C20H18N2O3. The van der Waals surface area contributed by atoms with E-state index in [9.17, 15) is 9.90 Å². The normalized spacial score (nSPS) is 13.2. The van der Waals surface area contributed by atoms with Gasteiger partial charge in [0.15, 0.2) is 5.69 Å². The second-order valence-electron chi connectivity index (χ2n) is 6.23. The van der Waals surface area contributed by atoms with Gasteiger partial charge in [-0.1, -0.05) is 29.8 Å². The van der Waals surface area contributed by atoms with E-state index < -0.39 is 5.97 Å². The number of carboxylic acids is 1. The SMILES string of the molecule is Cc1ccc(-c2nc(C(=O)O)cn2-c2ccc3c(c2)CCCO3)cc1. The molecule has 3 aromatic rings. The summed E-state index contributed by atoms with van der Waals surface area (Å²) in [5.41, 5.74) is 4.09. The summed E-state index contributed by atoms with van der Waals surface area (Å²) in [6, 6.07) is 13.9. The van der Waals surface area contributed by atoms with Gasteiger partial charge in [-0.15, -0.1) is 0 Å². The Bertz CT molecular complexity index is 942. The van der Waals surface area contributed by atoms with Gasteiger partial charge in [-0.05, 0) is 43.5 Å². The minimum absolute atomic E-state index is 0.0320. The molecule has 0 unspecified atom stereocenters. The lowest BCUT2D eigenvalue weighted by Crippen LogP contribution is -2.09. The minimum Gasteiger partial charge on any atom is -0.493 e. The lowest BCUT2D eigenvalue weighted by Gasteiger charge is -2.18. The van der Waals surface area contributed by atoms with Gasteiger partial charge in [0.1, 0.15) is 11.6 Å². The molecule has 5 nitrogen and oxygen atoms in total. The number of benzene rings is 2. The molecule has 5 heteroatoms. The summed E-state index contributed by atoms with van der Waals surface area (Å²) in [5.74, 6) is 0.493. The highest BCUT2D eigenvalue weighted by atomic mass is 16.5. The molecule has 1 aromatic heterocycles. The van der Waals surface area contributed by atoms with Gasteiger partial charge in [-0.2, -0.15) is 0 Å². The predicted octanol–water partition coefficient (Wildman–Crippen LogP) is 3.87. The Kier molecular flexibility index (Phi) is 3.76. The first-order valence-electron chi connectivity index (χ1n) is 8.27. The molecule has 0 saturated heterocycles. The van der Waals surface area contributed by atoms with Crippen molar-refractivity contribution in [3.63, 3.8) is 0 Å². The number of nitrogens with zero attached hydrogens (tertiary/aromatic N) is 2. The maximum absolute atomic E-state index is 11.4. The van der Waals surface area contributed by atoms with E-state index in [1.54, 1.807) is 6.20 Å². The largest absolute Gasteiger partial charge is 0.493 e. The Labute approximate surface area is 145 Å². The van der Waals surface area contributed by atoms with E-state index in [-0.39, 0.29) is 5.69 Å². The van der Waals surface area contributed by atoms with Gasteiger partial charge >= 0.3 is 5.97 Å². The third kappa shape index (κ3) is 2.89. The standard InChI is InChI=1S/C20H18N2O3/c1-13-4-6-14(7-5-13)19-21-17(20(23)24)12-22(19)16-8-9-18-15(11-16)3-2-10-25-18/h4-9,11-12H,2-3,10H2,1H3,(H,23,24). The van der Waals surface area contributed by atoms with E-state index >= 15 is 0 Å². The van der Waals surface area contributed by atoms with E-state index in [1.807, 2.05) is 47.9 Å². The van der Waals surface area contributed by atoms with E-state index in [1.165, 1.54) is 0 Å². The van der Waals surface area contributed by atoms with Crippen LogP contribution in [0.15, 0.2) is 48.7 Å². The number of aromatic nitrogens is 2. The topological polar surface area (TPSA) is 64.3 Å². The second-order valence-corrected chi connectivity index (χ2v) is 6.23. The fraction of sp³-hybridized carbons (Fsp3) is 0.200. The fourth-order valence-corrected chi connectivity index (χ4v) is 3.08. The van der Waals surface area contributed by atoms with Gasteiger partial charge in [0.25, 0.3) is 0 Å². The molecule has 0 saturated carbocycles. The van der Waals surface area contributed by atoms with E-state index in [0.29, 0.717) is 5.82 Å². The molecule has 2 heterocycles. The van der Waals surface area contributed by atoms with Crippen molar-refractivity contribution in [1.82, 2.24) is 9.55 Å². The summed E-state index contributed by atoms with van der Waals surface area (Å²) in [6.07, 6.45) is 3.53. The fourth-order valence-electron chi connectivity index (χ4n) is 3.08. The van der Waals surface area contributed by atoms with Gasteiger partial charge in [0, 0.05) is 17.4 Å². The summed E-state index contributed by atoms with van der Waals surface area (Å²) >= 11 is 0. The number of rotatable bonds is 3. The van der Waals surface area contributed by atoms with Crippen LogP contribution in [0.5, 0.6) is 5.75 Å². The Morgan fingerprint density at radius 1 is 1.20 bits per heavy atom. The van der Waals surface area contributed by atoms with Gasteiger partial charge in [-0.25, -0.2) is 9.78 Å². The molecule has 25 heavy (non-hydrogen) atoms. The Morgan fingerprint density at radius 2 is 2.00 bits per heavy atom. The van der Waals surface area contributed by atoms with Crippen molar-refractivity contribution < 1.29 is 14.6 Å². The molecule has 1 aliphatic rings. The third-order valence-electron chi connectivity index (χ3n) is 4.41. The van der Waals surface area contributed by atoms with Crippen molar-refractivity contribution in [3.8, 4) is 22.8 Å². The number of carboxylic acid groups (broad SMARTS) is 1. The smallest absolute Gasteiger partial charge is 0.356 e. The molecule has 2 aromatic carbocycles. The average molecular weight is 334 g/mol. The zero-order valence-corrected chi connectivity index (χ0v) is 13.9. The Morgan fingerprint density at radius 3 is 2.76 bits per heavy atom. The maximum atomic E-state index is 11.4. The van der Waals surface area contributed by atoms with Crippen LogP contribution in [0.2, 0.25) is 0 Å². The molecule has 0 fully saturated rings. The van der Waals surface area contributed by atoms with Crippen molar-refractivity contribution in [1.29, 1.82) is 0 Å². The monoisotopic (exact) mass is 334 g/mol. The van der Waals surface area contributed by atoms with E-state index in [0.717, 1.165) is 47.6 Å². The molecule has 0 aliphatic carbocycles. The summed E-state index contributed by atoms with van der Waals surface area (Å²) < 4.78 is 7.50. The van der Waals surface area contributed by atoms with Crippen LogP contribution < -0.4 is 4.74 Å². The van der Waals surface area contributed by atoms with Crippen LogP contribution in [0.25, 0.3) is 17.1 Å². The first-order chi connectivity index (χ1) is 12.1. The number of aromatic carboxylic acids is 1. The van der Waals surface area contributed by atoms with Gasteiger partial charge in [-0.3, -0.25) is 4.57 Å². The van der Waals surface area contributed by atoms with Crippen molar-refractivity contribution in [2.45, 2.75) is 19.8 Å². The molecule has 1 aliphatic heterocycles. The van der Waals surface area contributed by atoms with Gasteiger partial charge in [0.2, 0.25) is 0 Å². The minimum atomic E-state index is -1.03. The molecule has 1 N–H and O–H groups in total. The van der Waals surface area contributed by atoms with Crippen LogP contribution in [0.4, 0.5) is 0 Å². The van der Waals surface area contributed by atoms with Gasteiger partial charge in [0.05, 0.1) is 6.61 Å². The zero-order valence-electron chi connectivity index (χ0n) is 13.9. The summed E-state index contributed by atoms with van der Waals surface area (Å²) in [7, 11) is 0. The molecule has 0 spiro atoms. The molecule has 0 bridgehead atoms. The summed E-state index contributed by atoms with van der Waals surface area (Å²) in [5, 5.41) is 9.36. The van der Waals surface area contributed by atoms with Crippen molar-refractivity contribution in [3.05, 3.63) is 65.5 Å². The highest BCUT2D eigenvalue weighted by Crippen LogP contribution is 2.30. The van der Waals surface area contributed by atoms with Crippen molar-refractivity contribution in [2.75, 3.05) is 6.61 Å². The van der Waals surface area contributed by atoms with Crippen LogP contribution in [0.3, 0.4) is 0 Å². The number of aryl methyl sites for hydroxylation is 2. The number of imidazole rings is 1. The lowest BCUT2D eigenvalue weighted by atomic mass is 10.1. The van der Waals surface area contributed by atoms with Crippen LogP contribution in [0, 0.1) is 6.92 Å². The quantitative estimate of drug-likeness (QED) is 0.790.